The van der Waals surface area contributed by atoms with Gasteiger partial charge in [0.2, 0.25) is 0 Å². The number of thiophene rings is 1. The maximum atomic E-state index is 12.3. The molecule has 0 aliphatic heterocycles. The van der Waals surface area contributed by atoms with E-state index in [0.29, 0.717) is 0 Å². The Morgan fingerprint density at radius 2 is 1.91 bits per heavy atom. The molecule has 0 unspecified atom stereocenters. The molecular formula is C15H15N3O3S2. The first kappa shape index (κ1) is 17.0. The Kier molecular flexibility index (Phi) is 4.73. The predicted octanol–water partition coefficient (Wildman–Crippen LogP) is 2.11. The van der Waals surface area contributed by atoms with Gasteiger partial charge in [-0.2, -0.15) is 5.26 Å². The van der Waals surface area contributed by atoms with Crippen LogP contribution in [0, 0.1) is 18.3 Å². The Morgan fingerprint density at radius 3 is 2.39 bits per heavy atom. The smallest absolute Gasteiger partial charge is 0.279 e. The van der Waals surface area contributed by atoms with Crippen molar-refractivity contribution in [2.24, 2.45) is 0 Å². The molecule has 0 fully saturated rings. The number of hydrogen-bond acceptors (Lipinski definition) is 6. The van der Waals surface area contributed by atoms with Crippen LogP contribution in [0.1, 0.15) is 20.8 Å². The number of aryl methyl sites for hydroxylation is 1. The second-order valence-corrected chi connectivity index (χ2v) is 8.29. The molecule has 1 aromatic heterocycles. The molecule has 2 rings (SSSR count). The molecule has 0 atom stereocenters. The van der Waals surface area contributed by atoms with Crippen LogP contribution in [-0.2, 0) is 9.84 Å². The molecule has 1 amide bonds. The molecule has 6 nitrogen and oxygen atoms in total. The maximum absolute atomic E-state index is 12.3. The number of nitrogens with zero attached hydrogens (tertiary/aromatic N) is 2. The van der Waals surface area contributed by atoms with Gasteiger partial charge in [-0.1, -0.05) is 17.7 Å². The summed E-state index contributed by atoms with van der Waals surface area (Å²) < 4.78 is 23.2. The van der Waals surface area contributed by atoms with Gasteiger partial charge in [0.25, 0.3) is 5.91 Å². The van der Waals surface area contributed by atoms with Gasteiger partial charge in [0, 0.05) is 13.3 Å². The van der Waals surface area contributed by atoms with Crippen molar-refractivity contribution in [3.05, 3.63) is 46.3 Å². The fourth-order valence-corrected chi connectivity index (χ4v) is 3.99. The molecule has 0 saturated carbocycles. The van der Waals surface area contributed by atoms with Crippen LogP contribution in [0.2, 0.25) is 0 Å². The van der Waals surface area contributed by atoms with Gasteiger partial charge >= 0.3 is 0 Å². The summed E-state index contributed by atoms with van der Waals surface area (Å²) in [6.45, 7) is 1.96. The van der Waals surface area contributed by atoms with Crippen molar-refractivity contribution in [3.8, 4) is 6.07 Å². The number of hydrazine groups is 1. The minimum Gasteiger partial charge on any atom is -0.288 e. The maximum Gasteiger partial charge on any atom is 0.279 e. The lowest BCUT2D eigenvalue weighted by molar-refractivity contribution is 0.0955. The van der Waals surface area contributed by atoms with E-state index >= 15 is 0 Å². The molecule has 120 valence electrons. The number of carbonyl (C=O) groups excluding carboxylic acids is 1. The van der Waals surface area contributed by atoms with Crippen molar-refractivity contribution >= 4 is 32.8 Å². The number of nitriles is 1. The monoisotopic (exact) mass is 349 g/mol. The number of benzene rings is 1. The first-order valence-corrected chi connectivity index (χ1v) is 9.28. The third-order valence-electron chi connectivity index (χ3n) is 3.07. The van der Waals surface area contributed by atoms with Crippen LogP contribution in [-0.4, -0.2) is 27.6 Å². The summed E-state index contributed by atoms with van der Waals surface area (Å²) in [4.78, 5) is 12.4. The molecule has 1 aromatic carbocycles. The van der Waals surface area contributed by atoms with Gasteiger partial charge in [-0.3, -0.25) is 15.2 Å². The lowest BCUT2D eigenvalue weighted by Gasteiger charge is -2.19. The van der Waals surface area contributed by atoms with Crippen LogP contribution in [0.25, 0.3) is 0 Å². The second-order valence-electron chi connectivity index (χ2n) is 5.03. The molecule has 0 radical (unpaired) electrons. The van der Waals surface area contributed by atoms with Gasteiger partial charge in [-0.25, -0.2) is 8.42 Å². The highest BCUT2D eigenvalue weighted by Crippen LogP contribution is 2.26. The zero-order valence-corrected chi connectivity index (χ0v) is 14.5. The van der Waals surface area contributed by atoms with Crippen LogP contribution in [0.15, 0.2) is 34.5 Å². The lowest BCUT2D eigenvalue weighted by atomic mass is 10.2. The SMILES string of the molecule is Cc1ccc(N(C)NC(=O)c2cc(C#N)c(S(C)(=O)=O)s2)cc1. The van der Waals surface area contributed by atoms with E-state index in [1.54, 1.807) is 13.1 Å². The quantitative estimate of drug-likeness (QED) is 0.854. The zero-order chi connectivity index (χ0) is 17.2. The summed E-state index contributed by atoms with van der Waals surface area (Å²) in [7, 11) is -1.86. The summed E-state index contributed by atoms with van der Waals surface area (Å²) in [5, 5.41) is 10.5. The van der Waals surface area contributed by atoms with Crippen molar-refractivity contribution < 1.29 is 13.2 Å². The van der Waals surface area contributed by atoms with Crippen molar-refractivity contribution in [3.63, 3.8) is 0 Å². The first-order chi connectivity index (χ1) is 10.7. The molecule has 0 aliphatic carbocycles. The van der Waals surface area contributed by atoms with Crippen LogP contribution in [0.5, 0.6) is 0 Å². The van der Waals surface area contributed by atoms with E-state index in [2.05, 4.69) is 5.43 Å². The fraction of sp³-hybridized carbons (Fsp3) is 0.200. The van der Waals surface area contributed by atoms with E-state index < -0.39 is 15.7 Å². The van der Waals surface area contributed by atoms with E-state index in [4.69, 9.17) is 5.26 Å². The topological polar surface area (TPSA) is 90.3 Å². The van der Waals surface area contributed by atoms with Gasteiger partial charge in [0.05, 0.1) is 16.1 Å². The molecule has 1 N–H and O–H groups in total. The Bertz CT molecular complexity index is 878. The first-order valence-electron chi connectivity index (χ1n) is 6.57. The van der Waals surface area contributed by atoms with Gasteiger partial charge in [-0.15, -0.1) is 11.3 Å². The largest absolute Gasteiger partial charge is 0.288 e. The van der Waals surface area contributed by atoms with Crippen LogP contribution in [0.4, 0.5) is 5.69 Å². The highest BCUT2D eigenvalue weighted by Gasteiger charge is 2.21. The number of sulfone groups is 1. The molecule has 2 aromatic rings. The summed E-state index contributed by atoms with van der Waals surface area (Å²) in [5.41, 5.74) is 4.52. The number of rotatable bonds is 4. The van der Waals surface area contributed by atoms with Gasteiger partial charge in [0.1, 0.15) is 10.3 Å². The standard InChI is InChI=1S/C15H15N3O3S2/c1-10-4-6-12(7-5-10)18(2)17-14(19)13-8-11(9-16)15(22-13)23(3,20)21/h4-8H,1-3H3,(H,17,19). The Morgan fingerprint density at radius 1 is 1.30 bits per heavy atom. The number of amides is 1. The van der Waals surface area contributed by atoms with Crippen LogP contribution >= 0.6 is 11.3 Å². The van der Waals surface area contributed by atoms with Crippen molar-refractivity contribution in [1.82, 2.24) is 5.43 Å². The normalized spacial score (nSPS) is 10.9. The number of hydrogen-bond donors (Lipinski definition) is 1. The number of nitrogens with one attached hydrogen (secondary N) is 1. The third-order valence-corrected chi connectivity index (χ3v) is 6.05. The van der Waals surface area contributed by atoms with Gasteiger partial charge in [-0.05, 0) is 25.1 Å². The lowest BCUT2D eigenvalue weighted by Crippen LogP contribution is -2.39. The van der Waals surface area contributed by atoms with E-state index in [-0.39, 0.29) is 14.6 Å². The Hall–Kier alpha value is -2.37. The van der Waals surface area contributed by atoms with E-state index in [9.17, 15) is 13.2 Å². The molecule has 8 heteroatoms. The Balaban J connectivity index is 2.23. The van der Waals surface area contributed by atoms with Crippen molar-refractivity contribution in [2.45, 2.75) is 11.1 Å². The highest BCUT2D eigenvalue weighted by molar-refractivity contribution is 7.92. The second kappa shape index (κ2) is 6.40. The molecule has 0 aliphatic rings. The third kappa shape index (κ3) is 3.88. The average Bonchev–Trinajstić information content (AvgIpc) is 2.92. The number of carbonyl (C=O) groups is 1. The van der Waals surface area contributed by atoms with Crippen LogP contribution in [0.3, 0.4) is 0 Å². The fourth-order valence-electron chi connectivity index (χ4n) is 1.88. The molecule has 23 heavy (non-hydrogen) atoms. The van der Waals surface area contributed by atoms with Crippen molar-refractivity contribution in [1.29, 1.82) is 5.26 Å². The average molecular weight is 349 g/mol. The van der Waals surface area contributed by atoms with E-state index in [1.807, 2.05) is 31.2 Å². The van der Waals surface area contributed by atoms with Crippen molar-refractivity contribution in [2.75, 3.05) is 18.3 Å². The molecular weight excluding hydrogens is 334 g/mol. The van der Waals surface area contributed by atoms with Gasteiger partial charge < -0.3 is 0 Å². The molecule has 0 spiro atoms. The summed E-state index contributed by atoms with van der Waals surface area (Å²) in [6, 6.07) is 10.6. The Labute approximate surface area is 138 Å². The minimum atomic E-state index is -3.54. The minimum absolute atomic E-state index is 0.0133. The molecule has 0 bridgehead atoms. The summed E-state index contributed by atoms with van der Waals surface area (Å²) >= 11 is 0.790. The summed E-state index contributed by atoms with van der Waals surface area (Å²) in [6.07, 6.45) is 1.01. The molecule has 1 heterocycles. The van der Waals surface area contributed by atoms with Gasteiger partial charge in [0.15, 0.2) is 9.84 Å². The summed E-state index contributed by atoms with van der Waals surface area (Å²) in [5.74, 6) is -0.468. The van der Waals surface area contributed by atoms with E-state index in [0.717, 1.165) is 28.8 Å². The molecule has 0 saturated heterocycles. The predicted molar refractivity (Wildman–Crippen MR) is 89.2 cm³/mol. The zero-order valence-electron chi connectivity index (χ0n) is 12.8. The highest BCUT2D eigenvalue weighted by atomic mass is 32.2. The van der Waals surface area contributed by atoms with Crippen LogP contribution < -0.4 is 10.4 Å². The van der Waals surface area contributed by atoms with E-state index in [1.165, 1.54) is 11.1 Å². The number of anilines is 1.